The number of anilines is 1. The van der Waals surface area contributed by atoms with Gasteiger partial charge >= 0.3 is 0 Å². The van der Waals surface area contributed by atoms with Crippen LogP contribution in [0.15, 0.2) is 42.0 Å². The van der Waals surface area contributed by atoms with Crippen LogP contribution in [-0.2, 0) is 9.59 Å². The van der Waals surface area contributed by atoms with Gasteiger partial charge < -0.3 is 18.9 Å². The summed E-state index contributed by atoms with van der Waals surface area (Å²) in [7, 11) is 5.97. The van der Waals surface area contributed by atoms with Crippen LogP contribution in [0.25, 0.3) is 6.08 Å². The summed E-state index contributed by atoms with van der Waals surface area (Å²) in [4.78, 5) is 26.9. The zero-order valence-corrected chi connectivity index (χ0v) is 17.7. The molecule has 2 amide bonds. The van der Waals surface area contributed by atoms with Crippen LogP contribution in [0.3, 0.4) is 0 Å². The molecule has 0 aliphatic carbocycles. The van der Waals surface area contributed by atoms with Crippen LogP contribution in [0.1, 0.15) is 5.56 Å². The average molecular weight is 428 g/mol. The lowest BCUT2D eigenvalue weighted by atomic mass is 10.1. The van der Waals surface area contributed by atoms with E-state index in [0.29, 0.717) is 34.2 Å². The quantitative estimate of drug-likeness (QED) is 0.430. The van der Waals surface area contributed by atoms with Crippen molar-refractivity contribution in [3.8, 4) is 23.0 Å². The van der Waals surface area contributed by atoms with E-state index in [1.165, 1.54) is 39.4 Å². The van der Waals surface area contributed by atoms with E-state index in [1.807, 2.05) is 0 Å². The molecule has 1 aliphatic rings. The molecule has 1 fully saturated rings. The number of hydrogen-bond donors (Lipinski definition) is 1. The number of thiocarbonyl (C=S) groups is 1. The monoisotopic (exact) mass is 428 g/mol. The van der Waals surface area contributed by atoms with Crippen LogP contribution in [0.4, 0.5) is 5.69 Å². The van der Waals surface area contributed by atoms with Crippen molar-refractivity contribution in [2.45, 2.75) is 0 Å². The molecule has 9 heteroatoms. The Balaban J connectivity index is 2.06. The molecule has 1 aliphatic heterocycles. The fourth-order valence-corrected chi connectivity index (χ4v) is 3.27. The number of carbonyl (C=O) groups excluding carboxylic acids is 2. The predicted molar refractivity (Wildman–Crippen MR) is 115 cm³/mol. The highest BCUT2D eigenvalue weighted by atomic mass is 32.1. The van der Waals surface area contributed by atoms with Gasteiger partial charge in [0.2, 0.25) is 5.75 Å². The van der Waals surface area contributed by atoms with E-state index in [0.717, 1.165) is 0 Å². The highest BCUT2D eigenvalue weighted by molar-refractivity contribution is 7.80. The molecule has 0 bridgehead atoms. The van der Waals surface area contributed by atoms with Crippen molar-refractivity contribution in [2.75, 3.05) is 33.3 Å². The fourth-order valence-electron chi connectivity index (χ4n) is 2.99. The van der Waals surface area contributed by atoms with Gasteiger partial charge in [0.15, 0.2) is 16.6 Å². The van der Waals surface area contributed by atoms with Gasteiger partial charge in [0.05, 0.1) is 34.1 Å². The normalized spacial score (nSPS) is 15.1. The van der Waals surface area contributed by atoms with Crippen LogP contribution >= 0.6 is 12.2 Å². The first-order valence-electron chi connectivity index (χ1n) is 8.79. The van der Waals surface area contributed by atoms with Crippen LogP contribution < -0.4 is 29.2 Å². The van der Waals surface area contributed by atoms with Crippen LogP contribution in [-0.4, -0.2) is 45.4 Å². The highest BCUT2D eigenvalue weighted by Crippen LogP contribution is 2.39. The molecule has 0 spiro atoms. The van der Waals surface area contributed by atoms with Gasteiger partial charge in [-0.2, -0.15) is 0 Å². The number of rotatable bonds is 6. The van der Waals surface area contributed by atoms with Gasteiger partial charge in [-0.3, -0.25) is 19.8 Å². The summed E-state index contributed by atoms with van der Waals surface area (Å²) in [6.45, 7) is 0. The maximum absolute atomic E-state index is 13.2. The third-order valence-electron chi connectivity index (χ3n) is 4.41. The third-order valence-corrected chi connectivity index (χ3v) is 4.70. The number of hydrogen-bond acceptors (Lipinski definition) is 7. The SMILES string of the molecule is COc1cccc(N2C(=O)/C(=C\c3cc(OC)c(OC)c(OC)c3)C(=O)NC2=S)c1. The maximum Gasteiger partial charge on any atom is 0.270 e. The highest BCUT2D eigenvalue weighted by Gasteiger charge is 2.34. The molecule has 3 rings (SSSR count). The third kappa shape index (κ3) is 3.92. The van der Waals surface area contributed by atoms with Crippen molar-refractivity contribution in [1.82, 2.24) is 5.32 Å². The molecule has 0 saturated carbocycles. The minimum atomic E-state index is -0.599. The van der Waals surface area contributed by atoms with Crippen molar-refractivity contribution in [3.63, 3.8) is 0 Å². The lowest BCUT2D eigenvalue weighted by Gasteiger charge is -2.29. The van der Waals surface area contributed by atoms with Crippen LogP contribution in [0, 0.1) is 0 Å². The number of benzene rings is 2. The van der Waals surface area contributed by atoms with Gasteiger partial charge in [-0.05, 0) is 48.1 Å². The van der Waals surface area contributed by atoms with Crippen molar-refractivity contribution in [1.29, 1.82) is 0 Å². The van der Waals surface area contributed by atoms with Crippen molar-refractivity contribution >= 4 is 40.9 Å². The Bertz CT molecular complexity index is 1020. The van der Waals surface area contributed by atoms with Gasteiger partial charge in [0.25, 0.3) is 11.8 Å². The van der Waals surface area contributed by atoms with Crippen molar-refractivity contribution in [2.24, 2.45) is 0 Å². The van der Waals surface area contributed by atoms with E-state index in [9.17, 15) is 9.59 Å². The van der Waals surface area contributed by atoms with Gasteiger partial charge in [0, 0.05) is 6.07 Å². The minimum Gasteiger partial charge on any atom is -0.497 e. The zero-order chi connectivity index (χ0) is 21.8. The second-order valence-electron chi connectivity index (χ2n) is 6.12. The molecule has 8 nitrogen and oxygen atoms in total. The van der Waals surface area contributed by atoms with Gasteiger partial charge in [0.1, 0.15) is 11.3 Å². The number of ether oxygens (including phenoxy) is 4. The summed E-state index contributed by atoms with van der Waals surface area (Å²) in [5.41, 5.74) is 0.891. The van der Waals surface area contributed by atoms with Gasteiger partial charge in [-0.15, -0.1) is 0 Å². The van der Waals surface area contributed by atoms with Crippen LogP contribution in [0.5, 0.6) is 23.0 Å². The molecule has 0 unspecified atom stereocenters. The number of methoxy groups -OCH3 is 4. The summed E-state index contributed by atoms with van der Waals surface area (Å²) in [6.07, 6.45) is 1.44. The Kier molecular flexibility index (Phi) is 6.22. The topological polar surface area (TPSA) is 86.3 Å². The molecular weight excluding hydrogens is 408 g/mol. The van der Waals surface area contributed by atoms with Gasteiger partial charge in [-0.25, -0.2) is 0 Å². The molecule has 1 N–H and O–H groups in total. The Labute approximate surface area is 179 Å². The predicted octanol–water partition coefficient (Wildman–Crippen LogP) is 2.55. The van der Waals surface area contributed by atoms with E-state index in [4.69, 9.17) is 31.2 Å². The maximum atomic E-state index is 13.2. The number of nitrogens with one attached hydrogen (secondary N) is 1. The Hall–Kier alpha value is -3.59. The summed E-state index contributed by atoms with van der Waals surface area (Å²) in [5, 5.41) is 2.53. The molecule has 2 aromatic rings. The Morgan fingerprint density at radius 1 is 0.933 bits per heavy atom. The standard InChI is InChI=1S/C21H20N2O6S/c1-26-14-7-5-6-13(11-14)23-20(25)15(19(24)22-21(23)30)8-12-9-16(27-2)18(29-4)17(10-12)28-3/h5-11H,1-4H3,(H,22,24,30)/b15-8-. The Morgan fingerprint density at radius 2 is 1.60 bits per heavy atom. The summed E-state index contributed by atoms with van der Waals surface area (Å²) in [5.74, 6) is 0.583. The van der Waals surface area contributed by atoms with Crippen molar-refractivity contribution in [3.05, 3.63) is 47.5 Å². The number of carbonyl (C=O) groups is 2. The summed E-state index contributed by atoms with van der Waals surface area (Å²) in [6, 6.07) is 10.1. The first-order valence-corrected chi connectivity index (χ1v) is 9.19. The van der Waals surface area contributed by atoms with E-state index < -0.39 is 11.8 Å². The lowest BCUT2D eigenvalue weighted by Crippen LogP contribution is -2.54. The molecule has 30 heavy (non-hydrogen) atoms. The van der Waals surface area contributed by atoms with Gasteiger partial charge in [-0.1, -0.05) is 6.07 Å². The molecular formula is C21H20N2O6S. The molecule has 0 radical (unpaired) electrons. The first kappa shape index (κ1) is 21.1. The fraction of sp³-hybridized carbons (Fsp3) is 0.190. The second-order valence-corrected chi connectivity index (χ2v) is 6.50. The first-order chi connectivity index (χ1) is 14.4. The number of amides is 2. The smallest absolute Gasteiger partial charge is 0.270 e. The average Bonchev–Trinajstić information content (AvgIpc) is 2.75. The van der Waals surface area contributed by atoms with E-state index in [1.54, 1.807) is 36.4 Å². The van der Waals surface area contributed by atoms with E-state index in [-0.39, 0.29) is 10.7 Å². The summed E-state index contributed by atoms with van der Waals surface area (Å²) >= 11 is 5.22. The van der Waals surface area contributed by atoms with E-state index >= 15 is 0 Å². The molecule has 1 saturated heterocycles. The van der Waals surface area contributed by atoms with Crippen molar-refractivity contribution < 1.29 is 28.5 Å². The molecule has 2 aromatic carbocycles. The van der Waals surface area contributed by atoms with Crippen LogP contribution in [0.2, 0.25) is 0 Å². The lowest BCUT2D eigenvalue weighted by molar-refractivity contribution is -0.122. The molecule has 0 aromatic heterocycles. The molecule has 0 atom stereocenters. The zero-order valence-electron chi connectivity index (χ0n) is 16.8. The largest absolute Gasteiger partial charge is 0.497 e. The summed E-state index contributed by atoms with van der Waals surface area (Å²) < 4.78 is 21.2. The molecule has 1 heterocycles. The molecule has 156 valence electrons. The second kappa shape index (κ2) is 8.83. The minimum absolute atomic E-state index is 0.0136. The Morgan fingerprint density at radius 3 is 2.17 bits per heavy atom. The number of nitrogens with zero attached hydrogens (tertiary/aromatic N) is 1. The van der Waals surface area contributed by atoms with E-state index in [2.05, 4.69) is 5.32 Å².